The number of nitrogens with one attached hydrogen (secondary N) is 1. The molecule has 1 amide bonds. The first-order chi connectivity index (χ1) is 12.3. The van der Waals surface area contributed by atoms with Crippen LogP contribution in [0, 0.1) is 15.9 Å². The van der Waals surface area contributed by atoms with Gasteiger partial charge in [0.25, 0.3) is 5.91 Å². The Hall–Kier alpha value is -2.54. The van der Waals surface area contributed by atoms with Crippen LogP contribution in [0.4, 0.5) is 13.2 Å². The second kappa shape index (κ2) is 8.71. The number of rotatable bonds is 5. The van der Waals surface area contributed by atoms with Crippen molar-refractivity contribution in [2.45, 2.75) is 6.18 Å². The van der Waals surface area contributed by atoms with E-state index < -0.39 is 17.6 Å². The standard InChI is InChI=1S/C18H12F3IN2O2/c1-2-8-26-16-7-6-12(9-15(16)22)11-23-24-17(25)13-4-3-5-14(10-13)18(19,20)21/h1,3-7,9-11H,8H2,(H,24,25)/b23-11-. The number of benzene rings is 2. The monoisotopic (exact) mass is 472 g/mol. The van der Waals surface area contributed by atoms with E-state index in [4.69, 9.17) is 11.2 Å². The van der Waals surface area contributed by atoms with Crippen LogP contribution in [0.3, 0.4) is 0 Å². The van der Waals surface area contributed by atoms with Gasteiger partial charge in [0.15, 0.2) is 0 Å². The second-order valence-corrected chi connectivity index (χ2v) is 6.12. The molecule has 4 nitrogen and oxygen atoms in total. The minimum absolute atomic E-state index is 0.135. The molecule has 1 N–H and O–H groups in total. The lowest BCUT2D eigenvalue weighted by Gasteiger charge is -2.07. The molecule has 2 aromatic carbocycles. The summed E-state index contributed by atoms with van der Waals surface area (Å²) in [4.78, 5) is 11.9. The molecule has 134 valence electrons. The van der Waals surface area contributed by atoms with E-state index in [9.17, 15) is 18.0 Å². The first-order valence-corrected chi connectivity index (χ1v) is 8.25. The van der Waals surface area contributed by atoms with Gasteiger partial charge in [-0.15, -0.1) is 6.42 Å². The third kappa shape index (κ3) is 5.49. The maximum atomic E-state index is 12.7. The Morgan fingerprint density at radius 2 is 2.08 bits per heavy atom. The Bertz CT molecular complexity index is 873. The Kier molecular flexibility index (Phi) is 6.63. The number of hydrogen-bond acceptors (Lipinski definition) is 3. The summed E-state index contributed by atoms with van der Waals surface area (Å²) in [5.74, 6) is 2.24. The molecule has 0 aliphatic heterocycles. The fourth-order valence-corrected chi connectivity index (χ4v) is 2.60. The van der Waals surface area contributed by atoms with Crippen LogP contribution in [-0.2, 0) is 6.18 Å². The van der Waals surface area contributed by atoms with Crippen LogP contribution < -0.4 is 10.2 Å². The zero-order valence-electron chi connectivity index (χ0n) is 13.2. The van der Waals surface area contributed by atoms with Crippen LogP contribution >= 0.6 is 22.6 Å². The molecule has 0 spiro atoms. The van der Waals surface area contributed by atoms with E-state index in [0.29, 0.717) is 11.3 Å². The predicted octanol–water partition coefficient (Wildman–Crippen LogP) is 4.09. The summed E-state index contributed by atoms with van der Waals surface area (Å²) in [6.07, 6.45) is 1.99. The molecule has 8 heteroatoms. The molecule has 26 heavy (non-hydrogen) atoms. The second-order valence-electron chi connectivity index (χ2n) is 4.96. The molecule has 0 aliphatic carbocycles. The number of amides is 1. The molecule has 2 rings (SSSR count). The largest absolute Gasteiger partial charge is 0.480 e. The molecule has 0 atom stereocenters. The highest BCUT2D eigenvalue weighted by atomic mass is 127. The van der Waals surface area contributed by atoms with Gasteiger partial charge in [-0.1, -0.05) is 12.0 Å². The third-order valence-electron chi connectivity index (χ3n) is 3.10. The van der Waals surface area contributed by atoms with E-state index in [1.807, 2.05) is 0 Å². The summed E-state index contributed by atoms with van der Waals surface area (Å²) in [6, 6.07) is 9.27. The van der Waals surface area contributed by atoms with Crippen LogP contribution in [0.15, 0.2) is 47.6 Å². The number of hydrazone groups is 1. The summed E-state index contributed by atoms with van der Waals surface area (Å²) < 4.78 is 44.1. The SMILES string of the molecule is C#CCOc1ccc(/C=N\NC(=O)c2cccc(C(F)(F)F)c2)cc1I. The van der Waals surface area contributed by atoms with Crippen molar-refractivity contribution in [1.82, 2.24) is 5.43 Å². The summed E-state index contributed by atoms with van der Waals surface area (Å²) >= 11 is 2.06. The highest BCUT2D eigenvalue weighted by Gasteiger charge is 2.30. The van der Waals surface area contributed by atoms with E-state index in [1.54, 1.807) is 18.2 Å². The van der Waals surface area contributed by atoms with Gasteiger partial charge in [0.1, 0.15) is 12.4 Å². The highest BCUT2D eigenvalue weighted by molar-refractivity contribution is 14.1. The van der Waals surface area contributed by atoms with Crippen LogP contribution in [-0.4, -0.2) is 18.7 Å². The molecule has 0 saturated carbocycles. The van der Waals surface area contributed by atoms with Gasteiger partial charge in [-0.3, -0.25) is 4.79 Å². The number of halogens is 4. The van der Waals surface area contributed by atoms with Crippen molar-refractivity contribution >= 4 is 34.7 Å². The van der Waals surface area contributed by atoms with Gasteiger partial charge in [-0.05, 0) is 64.6 Å². The summed E-state index contributed by atoms with van der Waals surface area (Å²) in [5, 5.41) is 3.76. The van der Waals surface area contributed by atoms with Crippen LogP contribution in [0.1, 0.15) is 21.5 Å². The van der Waals surface area contributed by atoms with Crippen molar-refractivity contribution in [3.05, 3.63) is 62.7 Å². The fourth-order valence-electron chi connectivity index (χ4n) is 1.90. The summed E-state index contributed by atoms with van der Waals surface area (Å²) in [5.41, 5.74) is 1.84. The fraction of sp³-hybridized carbons (Fsp3) is 0.111. The lowest BCUT2D eigenvalue weighted by molar-refractivity contribution is -0.137. The van der Waals surface area contributed by atoms with Crippen molar-refractivity contribution in [2.75, 3.05) is 6.61 Å². The number of nitrogens with zero attached hydrogens (tertiary/aromatic N) is 1. The van der Waals surface area contributed by atoms with Gasteiger partial charge >= 0.3 is 6.18 Å². The molecule has 0 bridgehead atoms. The van der Waals surface area contributed by atoms with Crippen molar-refractivity contribution in [3.63, 3.8) is 0 Å². The Morgan fingerprint density at radius 3 is 2.73 bits per heavy atom. The number of hydrogen-bond donors (Lipinski definition) is 1. The van der Waals surface area contributed by atoms with Crippen molar-refractivity contribution in [3.8, 4) is 18.1 Å². The molecule has 0 fully saturated rings. The van der Waals surface area contributed by atoms with E-state index in [0.717, 1.165) is 15.7 Å². The molecule has 0 unspecified atom stereocenters. The molecular weight excluding hydrogens is 460 g/mol. The smallest absolute Gasteiger partial charge is 0.416 e. The van der Waals surface area contributed by atoms with Crippen molar-refractivity contribution < 1.29 is 22.7 Å². The number of alkyl halides is 3. The zero-order valence-corrected chi connectivity index (χ0v) is 15.3. The summed E-state index contributed by atoms with van der Waals surface area (Å²) in [7, 11) is 0. The number of carbonyl (C=O) groups is 1. The Balaban J connectivity index is 2.03. The molecule has 0 heterocycles. The van der Waals surface area contributed by atoms with Gasteiger partial charge in [0, 0.05) is 5.56 Å². The van der Waals surface area contributed by atoms with E-state index >= 15 is 0 Å². The molecule has 0 radical (unpaired) electrons. The number of ether oxygens (including phenoxy) is 1. The van der Waals surface area contributed by atoms with Crippen molar-refractivity contribution in [1.29, 1.82) is 0 Å². The normalized spacial score (nSPS) is 11.2. The van der Waals surface area contributed by atoms with Gasteiger partial charge in [0.05, 0.1) is 15.3 Å². The number of carbonyl (C=O) groups excluding carboxylic acids is 1. The van der Waals surface area contributed by atoms with Crippen LogP contribution in [0.25, 0.3) is 0 Å². The average molecular weight is 472 g/mol. The topological polar surface area (TPSA) is 50.7 Å². The Labute approximate surface area is 161 Å². The third-order valence-corrected chi connectivity index (χ3v) is 3.94. The van der Waals surface area contributed by atoms with Crippen LogP contribution in [0.5, 0.6) is 5.75 Å². The first-order valence-electron chi connectivity index (χ1n) is 7.17. The average Bonchev–Trinajstić information content (AvgIpc) is 2.60. The Morgan fingerprint density at radius 1 is 1.31 bits per heavy atom. The minimum atomic E-state index is -4.51. The van der Waals surface area contributed by atoms with Gasteiger partial charge < -0.3 is 4.74 Å². The minimum Gasteiger partial charge on any atom is -0.480 e. The highest BCUT2D eigenvalue weighted by Crippen LogP contribution is 2.29. The predicted molar refractivity (Wildman–Crippen MR) is 100.0 cm³/mol. The van der Waals surface area contributed by atoms with Gasteiger partial charge in [0.2, 0.25) is 0 Å². The maximum Gasteiger partial charge on any atom is 0.416 e. The van der Waals surface area contributed by atoms with E-state index in [2.05, 4.69) is 39.0 Å². The maximum absolute atomic E-state index is 12.7. The molecular formula is C18H12F3IN2O2. The van der Waals surface area contributed by atoms with Crippen molar-refractivity contribution in [2.24, 2.45) is 5.10 Å². The molecule has 2 aromatic rings. The van der Waals surface area contributed by atoms with Gasteiger partial charge in [-0.25, -0.2) is 5.43 Å². The summed E-state index contributed by atoms with van der Waals surface area (Å²) in [6.45, 7) is 0.149. The van der Waals surface area contributed by atoms with Gasteiger partial charge in [-0.2, -0.15) is 18.3 Å². The van der Waals surface area contributed by atoms with E-state index in [1.165, 1.54) is 18.3 Å². The van der Waals surface area contributed by atoms with Crippen LogP contribution in [0.2, 0.25) is 0 Å². The molecule has 0 saturated heterocycles. The molecule has 0 aliphatic rings. The van der Waals surface area contributed by atoms with E-state index in [-0.39, 0.29) is 12.2 Å². The lowest BCUT2D eigenvalue weighted by Crippen LogP contribution is -2.18. The number of terminal acetylenes is 1. The quantitative estimate of drug-likeness (QED) is 0.309. The first kappa shape index (κ1) is 19.8. The lowest BCUT2D eigenvalue weighted by atomic mass is 10.1. The zero-order chi connectivity index (χ0) is 19.2. The molecule has 0 aromatic heterocycles.